The SMILES string of the molecule is C[C@@H]1NC(=O)N[C@@H]1CCCCCC(=O)NCCCOCCOCCOCCCNC(=O)C(N)CCCCNC(=O)OC(C)(C)C. The molecule has 0 aromatic carbocycles. The number of rotatable bonds is 26. The molecule has 3 atom stereocenters. The molecule has 0 aliphatic carbocycles. The van der Waals surface area contributed by atoms with E-state index in [0.717, 1.165) is 38.5 Å². The maximum atomic E-state index is 12.1. The molecule has 1 aliphatic heterocycles. The summed E-state index contributed by atoms with van der Waals surface area (Å²) in [5, 5.41) is 14.2. The Bertz CT molecular complexity index is 841. The molecule has 1 rings (SSSR count). The van der Waals surface area contributed by atoms with E-state index in [4.69, 9.17) is 24.7 Å². The van der Waals surface area contributed by atoms with Crippen LogP contribution < -0.4 is 32.3 Å². The van der Waals surface area contributed by atoms with Gasteiger partial charge < -0.3 is 51.3 Å². The third-order valence-corrected chi connectivity index (χ3v) is 6.94. The number of unbranched alkanes of at least 4 members (excludes halogenated alkanes) is 3. The molecule has 1 saturated heterocycles. The first-order chi connectivity index (χ1) is 21.5. The Morgan fingerprint density at radius 2 is 1.38 bits per heavy atom. The molecule has 0 aromatic heterocycles. The normalized spacial score (nSPS) is 16.9. The second-order valence-corrected chi connectivity index (χ2v) is 12.3. The van der Waals surface area contributed by atoms with E-state index >= 15 is 0 Å². The zero-order valence-electron chi connectivity index (χ0n) is 28.0. The summed E-state index contributed by atoms with van der Waals surface area (Å²) >= 11 is 0. The molecule has 14 heteroatoms. The molecule has 5 amide bonds. The van der Waals surface area contributed by atoms with Crippen molar-refractivity contribution < 1.29 is 38.1 Å². The van der Waals surface area contributed by atoms with Gasteiger partial charge in [-0.25, -0.2) is 9.59 Å². The Labute approximate surface area is 269 Å². The summed E-state index contributed by atoms with van der Waals surface area (Å²) in [6.45, 7) is 11.9. The van der Waals surface area contributed by atoms with Gasteiger partial charge in [0.2, 0.25) is 11.8 Å². The second-order valence-electron chi connectivity index (χ2n) is 12.3. The molecular formula is C31H60N6O8. The van der Waals surface area contributed by atoms with Gasteiger partial charge in [-0.1, -0.05) is 12.8 Å². The van der Waals surface area contributed by atoms with Crippen LogP contribution in [-0.2, 0) is 28.5 Å². The number of ether oxygens (including phenoxy) is 4. The van der Waals surface area contributed by atoms with Crippen LogP contribution in [0.5, 0.6) is 0 Å². The average molecular weight is 645 g/mol. The van der Waals surface area contributed by atoms with Gasteiger partial charge in [-0.3, -0.25) is 9.59 Å². The van der Waals surface area contributed by atoms with Gasteiger partial charge in [0.05, 0.1) is 38.5 Å². The molecule has 1 unspecified atom stereocenters. The lowest BCUT2D eigenvalue weighted by molar-refractivity contribution is -0.122. The van der Waals surface area contributed by atoms with Crippen LogP contribution in [0.25, 0.3) is 0 Å². The minimum atomic E-state index is -0.579. The molecule has 45 heavy (non-hydrogen) atoms. The van der Waals surface area contributed by atoms with Crippen molar-refractivity contribution >= 4 is 23.9 Å². The molecule has 262 valence electrons. The number of nitrogens with two attached hydrogens (primary N) is 1. The van der Waals surface area contributed by atoms with Crippen molar-refractivity contribution in [3.8, 4) is 0 Å². The molecule has 0 radical (unpaired) electrons. The van der Waals surface area contributed by atoms with Crippen molar-refractivity contribution in [3.05, 3.63) is 0 Å². The van der Waals surface area contributed by atoms with E-state index in [1.165, 1.54) is 0 Å². The molecule has 7 N–H and O–H groups in total. The smallest absolute Gasteiger partial charge is 0.407 e. The largest absolute Gasteiger partial charge is 0.444 e. The number of carbonyl (C=O) groups excluding carboxylic acids is 4. The fourth-order valence-electron chi connectivity index (χ4n) is 4.47. The number of urea groups is 1. The zero-order chi connectivity index (χ0) is 33.3. The van der Waals surface area contributed by atoms with Crippen LogP contribution in [0.3, 0.4) is 0 Å². The zero-order valence-corrected chi connectivity index (χ0v) is 28.0. The van der Waals surface area contributed by atoms with Gasteiger partial charge in [0.1, 0.15) is 5.60 Å². The van der Waals surface area contributed by atoms with Crippen LogP contribution in [0.2, 0.25) is 0 Å². The predicted octanol–water partition coefficient (Wildman–Crippen LogP) is 2.09. The van der Waals surface area contributed by atoms with Crippen molar-refractivity contribution in [3.63, 3.8) is 0 Å². The van der Waals surface area contributed by atoms with Gasteiger partial charge in [-0.15, -0.1) is 0 Å². The number of amides is 5. The van der Waals surface area contributed by atoms with Crippen LogP contribution in [-0.4, -0.2) is 107 Å². The molecule has 1 heterocycles. The average Bonchev–Trinajstić information content (AvgIpc) is 3.29. The van der Waals surface area contributed by atoms with Gasteiger partial charge in [0.15, 0.2) is 0 Å². The summed E-state index contributed by atoms with van der Waals surface area (Å²) in [6, 6.07) is -0.337. The highest BCUT2D eigenvalue weighted by molar-refractivity contribution is 5.81. The summed E-state index contributed by atoms with van der Waals surface area (Å²) in [4.78, 5) is 46.9. The van der Waals surface area contributed by atoms with E-state index in [1.807, 2.05) is 27.7 Å². The molecule has 0 spiro atoms. The first-order valence-corrected chi connectivity index (χ1v) is 16.5. The number of hydrogen-bond acceptors (Lipinski definition) is 9. The number of carbonyl (C=O) groups is 4. The van der Waals surface area contributed by atoms with Crippen molar-refractivity contribution in [1.82, 2.24) is 26.6 Å². The minimum absolute atomic E-state index is 0.0617. The van der Waals surface area contributed by atoms with Gasteiger partial charge in [-0.05, 0) is 72.6 Å². The first kappa shape index (κ1) is 40.3. The van der Waals surface area contributed by atoms with E-state index in [-0.39, 0.29) is 29.9 Å². The van der Waals surface area contributed by atoms with Crippen LogP contribution in [0.15, 0.2) is 0 Å². The van der Waals surface area contributed by atoms with Gasteiger partial charge in [-0.2, -0.15) is 0 Å². The summed E-state index contributed by atoms with van der Waals surface area (Å²) in [7, 11) is 0. The first-order valence-electron chi connectivity index (χ1n) is 16.5. The van der Waals surface area contributed by atoms with Crippen molar-refractivity contribution in [1.29, 1.82) is 0 Å². The molecular weight excluding hydrogens is 584 g/mol. The Hall–Kier alpha value is -2.68. The quantitative estimate of drug-likeness (QED) is 0.0766. The van der Waals surface area contributed by atoms with Gasteiger partial charge in [0.25, 0.3) is 0 Å². The lowest BCUT2D eigenvalue weighted by atomic mass is 10.0. The van der Waals surface area contributed by atoms with Gasteiger partial charge >= 0.3 is 12.1 Å². The molecule has 1 aliphatic rings. The summed E-state index contributed by atoms with van der Waals surface area (Å²) in [5.41, 5.74) is 5.42. The monoisotopic (exact) mass is 644 g/mol. The summed E-state index contributed by atoms with van der Waals surface area (Å²) < 4.78 is 21.7. The third kappa shape index (κ3) is 23.3. The summed E-state index contributed by atoms with van der Waals surface area (Å²) in [5.74, 6) is -0.125. The Balaban J connectivity index is 1.80. The predicted molar refractivity (Wildman–Crippen MR) is 172 cm³/mol. The standard InChI is InChI=1S/C31H60N6O8/c1-24-26(37-29(40)36-24)13-6-5-7-14-27(38)33-16-10-18-42-20-22-44-23-21-43-19-11-17-34-28(39)25(32)12-8-9-15-35-30(41)45-31(2,3)4/h24-26H,5-23,32H2,1-4H3,(H,33,38)(H,34,39)(H,35,41)(H2,36,37,40)/t24-,25?,26+/m0/s1. The molecule has 1 fully saturated rings. The fraction of sp³-hybridized carbons (Fsp3) is 0.871. The Morgan fingerprint density at radius 1 is 0.778 bits per heavy atom. The molecule has 0 aromatic rings. The van der Waals surface area contributed by atoms with E-state index in [0.29, 0.717) is 85.0 Å². The highest BCUT2D eigenvalue weighted by Crippen LogP contribution is 2.11. The second kappa shape index (κ2) is 24.5. The Kier molecular flexibility index (Phi) is 22.0. The fourth-order valence-corrected chi connectivity index (χ4v) is 4.47. The van der Waals surface area contributed by atoms with E-state index < -0.39 is 17.7 Å². The lowest BCUT2D eigenvalue weighted by Gasteiger charge is -2.19. The van der Waals surface area contributed by atoms with Crippen LogP contribution >= 0.6 is 0 Å². The number of nitrogens with one attached hydrogen (secondary N) is 5. The van der Waals surface area contributed by atoms with Crippen molar-refractivity contribution in [2.75, 3.05) is 59.3 Å². The highest BCUT2D eigenvalue weighted by atomic mass is 16.6. The minimum Gasteiger partial charge on any atom is -0.444 e. The Morgan fingerprint density at radius 3 is 1.98 bits per heavy atom. The number of alkyl carbamates (subject to hydrolysis) is 1. The van der Waals surface area contributed by atoms with Crippen LogP contribution in [0.4, 0.5) is 9.59 Å². The van der Waals surface area contributed by atoms with E-state index in [1.54, 1.807) is 0 Å². The van der Waals surface area contributed by atoms with Crippen LogP contribution in [0.1, 0.15) is 91.9 Å². The summed E-state index contributed by atoms with van der Waals surface area (Å²) in [6.07, 6.45) is 7.20. The lowest BCUT2D eigenvalue weighted by Crippen LogP contribution is -2.41. The molecule has 14 nitrogen and oxygen atoms in total. The van der Waals surface area contributed by atoms with E-state index in [9.17, 15) is 19.2 Å². The van der Waals surface area contributed by atoms with Crippen LogP contribution in [0, 0.1) is 0 Å². The van der Waals surface area contributed by atoms with E-state index in [2.05, 4.69) is 26.6 Å². The number of hydrogen-bond donors (Lipinski definition) is 6. The topological polar surface area (TPSA) is 191 Å². The molecule has 0 bridgehead atoms. The maximum absolute atomic E-state index is 12.1. The maximum Gasteiger partial charge on any atom is 0.407 e. The van der Waals surface area contributed by atoms with Crippen molar-refractivity contribution in [2.45, 2.75) is 116 Å². The van der Waals surface area contributed by atoms with Crippen molar-refractivity contribution in [2.24, 2.45) is 5.73 Å². The third-order valence-electron chi connectivity index (χ3n) is 6.94. The highest BCUT2D eigenvalue weighted by Gasteiger charge is 2.26. The molecule has 0 saturated carbocycles. The van der Waals surface area contributed by atoms with Gasteiger partial charge in [0, 0.05) is 45.3 Å².